The summed E-state index contributed by atoms with van der Waals surface area (Å²) in [5.74, 6) is -0.225. The van der Waals surface area contributed by atoms with Gasteiger partial charge in [0.2, 0.25) is 0 Å². The number of carbonyl (C=O) groups excluding carboxylic acids is 1. The van der Waals surface area contributed by atoms with Crippen LogP contribution in [-0.4, -0.2) is 5.91 Å². The van der Waals surface area contributed by atoms with E-state index in [1.807, 2.05) is 6.92 Å². The van der Waals surface area contributed by atoms with Crippen molar-refractivity contribution in [2.75, 3.05) is 11.1 Å². The molecule has 2 aromatic carbocycles. The first-order chi connectivity index (χ1) is 8.95. The van der Waals surface area contributed by atoms with Crippen molar-refractivity contribution in [3.8, 4) is 0 Å². The summed E-state index contributed by atoms with van der Waals surface area (Å²) in [4.78, 5) is 12.2. The molecule has 0 bridgehead atoms. The molecule has 0 fully saturated rings. The molecule has 0 spiro atoms. The maximum atomic E-state index is 12.2. The number of hydrogen-bond donors (Lipinski definition) is 2. The van der Waals surface area contributed by atoms with E-state index < -0.39 is 0 Å². The molecule has 2 aromatic rings. The highest BCUT2D eigenvalue weighted by molar-refractivity contribution is 9.10. The number of aryl methyl sites for hydroxylation is 1. The van der Waals surface area contributed by atoms with Gasteiger partial charge in [-0.3, -0.25) is 4.79 Å². The van der Waals surface area contributed by atoms with E-state index >= 15 is 0 Å². The maximum absolute atomic E-state index is 12.2. The average Bonchev–Trinajstić information content (AvgIpc) is 2.32. The molecular weight excluding hydrogens is 328 g/mol. The predicted octanol–water partition coefficient (Wildman–Crippen LogP) is 4.25. The minimum Gasteiger partial charge on any atom is -0.399 e. The van der Waals surface area contributed by atoms with Gasteiger partial charge in [0.05, 0.1) is 5.69 Å². The van der Waals surface area contributed by atoms with Crippen LogP contribution in [0.25, 0.3) is 0 Å². The number of amides is 1. The number of nitrogen functional groups attached to an aromatic ring is 1. The molecule has 0 saturated carbocycles. The van der Waals surface area contributed by atoms with Crippen molar-refractivity contribution >= 4 is 44.8 Å². The molecule has 3 nitrogen and oxygen atoms in total. The van der Waals surface area contributed by atoms with Crippen LogP contribution >= 0.6 is 27.5 Å². The minimum atomic E-state index is -0.225. The van der Waals surface area contributed by atoms with Crippen molar-refractivity contribution in [2.24, 2.45) is 0 Å². The molecule has 2 rings (SSSR count). The van der Waals surface area contributed by atoms with E-state index in [9.17, 15) is 4.79 Å². The Labute approximate surface area is 124 Å². The summed E-state index contributed by atoms with van der Waals surface area (Å²) >= 11 is 9.31. The van der Waals surface area contributed by atoms with Gasteiger partial charge in [-0.15, -0.1) is 0 Å². The van der Waals surface area contributed by atoms with Gasteiger partial charge in [-0.2, -0.15) is 0 Å². The number of nitrogens with one attached hydrogen (secondary N) is 1. The number of benzene rings is 2. The monoisotopic (exact) mass is 338 g/mol. The van der Waals surface area contributed by atoms with E-state index in [1.165, 1.54) is 0 Å². The zero-order valence-corrected chi connectivity index (χ0v) is 12.5. The van der Waals surface area contributed by atoms with Crippen LogP contribution in [-0.2, 0) is 0 Å². The highest BCUT2D eigenvalue weighted by Gasteiger charge is 2.10. The number of nitrogens with two attached hydrogens (primary N) is 1. The second-order valence-corrected chi connectivity index (χ2v) is 5.50. The molecule has 98 valence electrons. The van der Waals surface area contributed by atoms with Crippen molar-refractivity contribution < 1.29 is 4.79 Å². The molecule has 0 unspecified atom stereocenters. The van der Waals surface area contributed by atoms with Crippen molar-refractivity contribution in [1.82, 2.24) is 0 Å². The predicted molar refractivity (Wildman–Crippen MR) is 82.7 cm³/mol. The molecule has 0 aliphatic heterocycles. The smallest absolute Gasteiger partial charge is 0.255 e. The lowest BCUT2D eigenvalue weighted by Gasteiger charge is -2.09. The van der Waals surface area contributed by atoms with E-state index in [1.54, 1.807) is 36.4 Å². The fourth-order valence-corrected chi connectivity index (χ4v) is 2.34. The van der Waals surface area contributed by atoms with Crippen LogP contribution in [0.5, 0.6) is 0 Å². The molecule has 0 atom stereocenters. The van der Waals surface area contributed by atoms with Crippen LogP contribution in [0.4, 0.5) is 11.4 Å². The second-order valence-electron chi connectivity index (χ2n) is 4.21. The summed E-state index contributed by atoms with van der Waals surface area (Å²) in [6, 6.07) is 10.4. The molecule has 3 N–H and O–H groups in total. The standard InChI is InChI=1S/C14H12BrClN2O/c1-8-4-9(6-10(16)5-8)14(19)18-13-7-11(17)2-3-12(13)15/h2-7H,17H2,1H3,(H,18,19). The molecule has 0 radical (unpaired) electrons. The molecule has 0 aliphatic rings. The van der Waals surface area contributed by atoms with Crippen LogP contribution in [0, 0.1) is 6.92 Å². The summed E-state index contributed by atoms with van der Waals surface area (Å²) in [5, 5.41) is 3.34. The van der Waals surface area contributed by atoms with Gasteiger partial charge in [-0.1, -0.05) is 11.6 Å². The Balaban J connectivity index is 2.28. The Morgan fingerprint density at radius 1 is 1.26 bits per heavy atom. The van der Waals surface area contributed by atoms with Gasteiger partial charge >= 0.3 is 0 Å². The number of rotatable bonds is 2. The molecule has 0 aromatic heterocycles. The first-order valence-corrected chi connectivity index (χ1v) is 6.76. The topological polar surface area (TPSA) is 55.1 Å². The van der Waals surface area contributed by atoms with Crippen LogP contribution < -0.4 is 11.1 Å². The van der Waals surface area contributed by atoms with Crippen LogP contribution in [0.15, 0.2) is 40.9 Å². The summed E-state index contributed by atoms with van der Waals surface area (Å²) < 4.78 is 0.772. The van der Waals surface area contributed by atoms with Gasteiger partial charge < -0.3 is 11.1 Å². The van der Waals surface area contributed by atoms with Crippen molar-refractivity contribution in [3.05, 3.63) is 57.0 Å². The summed E-state index contributed by atoms with van der Waals surface area (Å²) in [5.41, 5.74) is 8.36. The fourth-order valence-electron chi connectivity index (χ4n) is 1.70. The van der Waals surface area contributed by atoms with E-state index in [4.69, 9.17) is 17.3 Å². The van der Waals surface area contributed by atoms with E-state index in [-0.39, 0.29) is 5.91 Å². The van der Waals surface area contributed by atoms with E-state index in [0.717, 1.165) is 10.0 Å². The zero-order chi connectivity index (χ0) is 14.0. The van der Waals surface area contributed by atoms with Gasteiger partial charge in [0, 0.05) is 20.7 Å². The van der Waals surface area contributed by atoms with Crippen LogP contribution in [0.1, 0.15) is 15.9 Å². The maximum Gasteiger partial charge on any atom is 0.255 e. The number of anilines is 2. The number of halogens is 2. The summed E-state index contributed by atoms with van der Waals surface area (Å²) in [7, 11) is 0. The molecule has 0 saturated heterocycles. The molecular formula is C14H12BrClN2O. The Kier molecular flexibility index (Phi) is 4.12. The van der Waals surface area contributed by atoms with Crippen LogP contribution in [0.2, 0.25) is 5.02 Å². The van der Waals surface area contributed by atoms with Crippen molar-refractivity contribution in [2.45, 2.75) is 6.92 Å². The fraction of sp³-hybridized carbons (Fsp3) is 0.0714. The quantitative estimate of drug-likeness (QED) is 0.804. The lowest BCUT2D eigenvalue weighted by atomic mass is 10.1. The first-order valence-electron chi connectivity index (χ1n) is 5.59. The molecule has 5 heteroatoms. The van der Waals surface area contributed by atoms with Gasteiger partial charge in [0.1, 0.15) is 0 Å². The Morgan fingerprint density at radius 3 is 2.68 bits per heavy atom. The Hall–Kier alpha value is -1.52. The van der Waals surface area contributed by atoms with Gasteiger partial charge in [0.15, 0.2) is 0 Å². The lowest BCUT2D eigenvalue weighted by Crippen LogP contribution is -2.12. The Morgan fingerprint density at radius 2 is 2.00 bits per heavy atom. The number of carbonyl (C=O) groups is 1. The van der Waals surface area contributed by atoms with Crippen molar-refractivity contribution in [3.63, 3.8) is 0 Å². The molecule has 19 heavy (non-hydrogen) atoms. The second kappa shape index (κ2) is 5.63. The lowest BCUT2D eigenvalue weighted by molar-refractivity contribution is 0.102. The summed E-state index contributed by atoms with van der Waals surface area (Å²) in [6.45, 7) is 1.89. The molecule has 0 heterocycles. The Bertz CT molecular complexity index is 623. The highest BCUT2D eigenvalue weighted by Crippen LogP contribution is 2.25. The first kappa shape index (κ1) is 13.9. The normalized spacial score (nSPS) is 10.3. The molecule has 1 amide bonds. The largest absolute Gasteiger partial charge is 0.399 e. The molecule has 0 aliphatic carbocycles. The van der Waals surface area contributed by atoms with Crippen LogP contribution in [0.3, 0.4) is 0 Å². The average molecular weight is 340 g/mol. The van der Waals surface area contributed by atoms with E-state index in [0.29, 0.717) is 22.0 Å². The van der Waals surface area contributed by atoms with E-state index in [2.05, 4.69) is 21.2 Å². The van der Waals surface area contributed by atoms with Crippen molar-refractivity contribution in [1.29, 1.82) is 0 Å². The summed E-state index contributed by atoms with van der Waals surface area (Å²) in [6.07, 6.45) is 0. The minimum absolute atomic E-state index is 0.225. The third-order valence-electron chi connectivity index (χ3n) is 2.54. The number of hydrogen-bond acceptors (Lipinski definition) is 2. The third-order valence-corrected chi connectivity index (χ3v) is 3.45. The highest BCUT2D eigenvalue weighted by atomic mass is 79.9. The zero-order valence-electron chi connectivity index (χ0n) is 10.2. The third kappa shape index (κ3) is 3.49. The van der Waals surface area contributed by atoms with Gasteiger partial charge in [0.25, 0.3) is 5.91 Å². The van der Waals surface area contributed by atoms with Gasteiger partial charge in [-0.25, -0.2) is 0 Å². The SMILES string of the molecule is Cc1cc(Cl)cc(C(=O)Nc2cc(N)ccc2Br)c1. The van der Waals surface area contributed by atoms with Gasteiger partial charge in [-0.05, 0) is 64.8 Å².